The average Bonchev–Trinajstić information content (AvgIpc) is 2.52. The van der Waals surface area contributed by atoms with E-state index in [1.54, 1.807) is 7.11 Å². The van der Waals surface area contributed by atoms with Crippen molar-refractivity contribution in [3.63, 3.8) is 0 Å². The van der Waals surface area contributed by atoms with Gasteiger partial charge in [0.15, 0.2) is 0 Å². The summed E-state index contributed by atoms with van der Waals surface area (Å²) in [5, 5.41) is 8.88. The zero-order valence-electron chi connectivity index (χ0n) is 12.1. The lowest BCUT2D eigenvalue weighted by Crippen LogP contribution is -2.32. The van der Waals surface area contributed by atoms with Crippen molar-refractivity contribution in [1.82, 2.24) is 0 Å². The molecule has 0 heterocycles. The Morgan fingerprint density at radius 3 is 2.70 bits per heavy atom. The molecule has 0 amide bonds. The molecular weight excluding hydrogens is 248 g/mol. The average molecular weight is 270 g/mol. The van der Waals surface area contributed by atoms with Crippen LogP contribution in [0.1, 0.15) is 24.8 Å². The van der Waals surface area contributed by atoms with E-state index in [1.807, 2.05) is 24.3 Å². The highest BCUT2D eigenvalue weighted by Gasteiger charge is 2.15. The molecule has 0 spiro atoms. The summed E-state index contributed by atoms with van der Waals surface area (Å²) in [6, 6.07) is 10.0. The summed E-state index contributed by atoms with van der Waals surface area (Å²) in [5.74, 6) is 0.715. The molecule has 0 radical (unpaired) electrons. The molecule has 1 aromatic carbocycles. The Bertz CT molecular complexity index is 473. The van der Waals surface area contributed by atoms with Crippen LogP contribution < -0.4 is 4.90 Å². The monoisotopic (exact) mass is 270 g/mol. The van der Waals surface area contributed by atoms with E-state index in [2.05, 4.69) is 23.1 Å². The molecule has 1 atom stereocenters. The zero-order chi connectivity index (χ0) is 14.2. The lowest BCUT2D eigenvalue weighted by Gasteiger charge is -2.30. The van der Waals surface area contributed by atoms with Crippen molar-refractivity contribution < 1.29 is 4.74 Å². The highest BCUT2D eigenvalue weighted by atomic mass is 16.5. The Hall–Kier alpha value is -1.79. The summed E-state index contributed by atoms with van der Waals surface area (Å²) in [6.07, 6.45) is 8.19. The van der Waals surface area contributed by atoms with E-state index in [1.165, 1.54) is 24.9 Å². The first-order valence-electron chi connectivity index (χ1n) is 7.22. The van der Waals surface area contributed by atoms with Crippen LogP contribution in [0, 0.1) is 17.2 Å². The summed E-state index contributed by atoms with van der Waals surface area (Å²) < 4.78 is 5.22. The Morgan fingerprint density at radius 2 is 2.10 bits per heavy atom. The number of methoxy groups -OCH3 is 1. The molecule has 0 aromatic heterocycles. The van der Waals surface area contributed by atoms with Crippen LogP contribution in [0.25, 0.3) is 0 Å². The van der Waals surface area contributed by atoms with Gasteiger partial charge >= 0.3 is 0 Å². The molecule has 20 heavy (non-hydrogen) atoms. The number of rotatable bonds is 6. The van der Waals surface area contributed by atoms with E-state index >= 15 is 0 Å². The van der Waals surface area contributed by atoms with Gasteiger partial charge in [0.1, 0.15) is 0 Å². The Labute approximate surface area is 121 Å². The summed E-state index contributed by atoms with van der Waals surface area (Å²) in [6.45, 7) is 2.67. The van der Waals surface area contributed by atoms with Gasteiger partial charge in [-0.1, -0.05) is 12.2 Å². The maximum Gasteiger partial charge on any atom is 0.0991 e. The summed E-state index contributed by atoms with van der Waals surface area (Å²) >= 11 is 0. The molecule has 3 nitrogen and oxygen atoms in total. The molecule has 0 saturated carbocycles. The van der Waals surface area contributed by atoms with Crippen LogP contribution in [-0.4, -0.2) is 26.8 Å². The second-order valence-electron chi connectivity index (χ2n) is 5.25. The fraction of sp³-hybridized carbons (Fsp3) is 0.471. The van der Waals surface area contributed by atoms with Crippen molar-refractivity contribution in [3.8, 4) is 6.07 Å². The Kier molecular flexibility index (Phi) is 5.64. The molecule has 1 aliphatic carbocycles. The van der Waals surface area contributed by atoms with Crippen LogP contribution in [0.2, 0.25) is 0 Å². The van der Waals surface area contributed by atoms with E-state index in [4.69, 9.17) is 10.00 Å². The smallest absolute Gasteiger partial charge is 0.0991 e. The Morgan fingerprint density at radius 1 is 1.30 bits per heavy atom. The minimum Gasteiger partial charge on any atom is -0.383 e. The molecule has 0 aliphatic heterocycles. The van der Waals surface area contributed by atoms with Gasteiger partial charge in [-0.05, 0) is 49.4 Å². The molecule has 3 heteroatoms. The van der Waals surface area contributed by atoms with E-state index in [-0.39, 0.29) is 0 Å². The number of allylic oxidation sites excluding steroid dienone is 2. The first kappa shape index (κ1) is 14.6. The van der Waals surface area contributed by atoms with Gasteiger partial charge in [0.25, 0.3) is 0 Å². The molecule has 106 valence electrons. The summed E-state index contributed by atoms with van der Waals surface area (Å²) in [4.78, 5) is 2.37. The quantitative estimate of drug-likeness (QED) is 0.744. The Balaban J connectivity index is 2.04. The lowest BCUT2D eigenvalue weighted by atomic mass is 9.93. The van der Waals surface area contributed by atoms with Crippen molar-refractivity contribution in [2.75, 3.05) is 31.7 Å². The largest absolute Gasteiger partial charge is 0.383 e. The van der Waals surface area contributed by atoms with Crippen molar-refractivity contribution in [1.29, 1.82) is 5.26 Å². The van der Waals surface area contributed by atoms with Gasteiger partial charge in [-0.25, -0.2) is 0 Å². The standard InChI is InChI=1S/C17H22N2O/c1-20-12-11-19(14-16-5-3-2-4-6-16)17-9-7-15(13-18)8-10-17/h2-3,7-10,16H,4-6,11-12,14H2,1H3. The number of nitrogens with zero attached hydrogens (tertiary/aromatic N) is 2. The second-order valence-corrected chi connectivity index (χ2v) is 5.25. The molecule has 1 unspecified atom stereocenters. The van der Waals surface area contributed by atoms with Crippen molar-refractivity contribution in [2.24, 2.45) is 5.92 Å². The minimum absolute atomic E-state index is 0.709. The lowest BCUT2D eigenvalue weighted by molar-refractivity contribution is 0.204. The third-order valence-corrected chi connectivity index (χ3v) is 3.78. The van der Waals surface area contributed by atoms with Gasteiger partial charge < -0.3 is 9.64 Å². The van der Waals surface area contributed by atoms with Gasteiger partial charge in [-0.2, -0.15) is 5.26 Å². The molecule has 0 N–H and O–H groups in total. The third-order valence-electron chi connectivity index (χ3n) is 3.78. The molecule has 1 aliphatic rings. The number of benzene rings is 1. The molecule has 0 bridgehead atoms. The second kappa shape index (κ2) is 7.72. The van der Waals surface area contributed by atoms with E-state index in [0.29, 0.717) is 11.5 Å². The first-order valence-corrected chi connectivity index (χ1v) is 7.22. The highest BCUT2D eigenvalue weighted by molar-refractivity contribution is 5.49. The molecule has 0 fully saturated rings. The van der Waals surface area contributed by atoms with Crippen LogP contribution >= 0.6 is 0 Å². The highest BCUT2D eigenvalue weighted by Crippen LogP contribution is 2.23. The number of ether oxygens (including phenoxy) is 1. The number of anilines is 1. The maximum atomic E-state index is 8.88. The minimum atomic E-state index is 0.709. The van der Waals surface area contributed by atoms with Gasteiger partial charge in [0.2, 0.25) is 0 Å². The van der Waals surface area contributed by atoms with Crippen LogP contribution in [0.4, 0.5) is 5.69 Å². The van der Waals surface area contributed by atoms with Crippen LogP contribution in [0.5, 0.6) is 0 Å². The molecule has 2 rings (SSSR count). The fourth-order valence-corrected chi connectivity index (χ4v) is 2.61. The van der Waals surface area contributed by atoms with Gasteiger partial charge in [-0.3, -0.25) is 0 Å². The maximum absolute atomic E-state index is 8.88. The van der Waals surface area contributed by atoms with Gasteiger partial charge in [-0.15, -0.1) is 0 Å². The van der Waals surface area contributed by atoms with Crippen LogP contribution in [0.15, 0.2) is 36.4 Å². The molecule has 0 saturated heterocycles. The fourth-order valence-electron chi connectivity index (χ4n) is 2.61. The van der Waals surface area contributed by atoms with Crippen molar-refractivity contribution in [3.05, 3.63) is 42.0 Å². The SMILES string of the molecule is COCCN(CC1CC=CCC1)c1ccc(C#N)cc1. The first-order chi connectivity index (χ1) is 9.83. The van der Waals surface area contributed by atoms with Gasteiger partial charge in [0, 0.05) is 25.9 Å². The molecular formula is C17H22N2O. The molecule has 1 aromatic rings. The normalized spacial score (nSPS) is 17.7. The van der Waals surface area contributed by atoms with Gasteiger partial charge in [0.05, 0.1) is 18.2 Å². The van der Waals surface area contributed by atoms with Crippen molar-refractivity contribution >= 4 is 5.69 Å². The number of nitriles is 1. The van der Waals surface area contributed by atoms with E-state index in [9.17, 15) is 0 Å². The number of hydrogen-bond acceptors (Lipinski definition) is 3. The summed E-state index contributed by atoms with van der Waals surface area (Å²) in [5.41, 5.74) is 1.89. The van der Waals surface area contributed by atoms with Crippen LogP contribution in [0.3, 0.4) is 0 Å². The predicted octanol–water partition coefficient (Wildman–Crippen LogP) is 3.37. The topological polar surface area (TPSA) is 36.3 Å². The predicted molar refractivity (Wildman–Crippen MR) is 81.7 cm³/mol. The third kappa shape index (κ3) is 4.11. The van der Waals surface area contributed by atoms with Crippen LogP contribution in [-0.2, 0) is 4.74 Å². The number of hydrogen-bond donors (Lipinski definition) is 0. The van der Waals surface area contributed by atoms with E-state index < -0.39 is 0 Å². The summed E-state index contributed by atoms with van der Waals surface area (Å²) in [7, 11) is 1.74. The zero-order valence-corrected chi connectivity index (χ0v) is 12.1. The van der Waals surface area contributed by atoms with Crippen molar-refractivity contribution in [2.45, 2.75) is 19.3 Å². The van der Waals surface area contributed by atoms with E-state index in [0.717, 1.165) is 19.7 Å².